The van der Waals surface area contributed by atoms with Crippen molar-refractivity contribution in [3.63, 3.8) is 0 Å². The van der Waals surface area contributed by atoms with E-state index in [1.54, 1.807) is 14.0 Å². The van der Waals surface area contributed by atoms with Crippen LogP contribution in [0, 0.1) is 0 Å². The lowest BCUT2D eigenvalue weighted by Gasteiger charge is -2.19. The molecule has 0 aromatic heterocycles. The first kappa shape index (κ1) is 18.0. The second kappa shape index (κ2) is 8.47. The first-order valence-electron chi connectivity index (χ1n) is 7.78. The molecule has 0 fully saturated rings. The molecule has 5 nitrogen and oxygen atoms in total. The van der Waals surface area contributed by atoms with Crippen LogP contribution in [0.15, 0.2) is 48.5 Å². The third-order valence-electron chi connectivity index (χ3n) is 3.84. The Kier molecular flexibility index (Phi) is 6.35. The molecule has 2 aromatic rings. The minimum Gasteiger partial charge on any atom is -0.496 e. The monoisotopic (exact) mass is 329 g/mol. The highest BCUT2D eigenvalue weighted by Gasteiger charge is 2.23. The Morgan fingerprint density at radius 1 is 1.12 bits per heavy atom. The van der Waals surface area contributed by atoms with Crippen LogP contribution in [0.4, 0.5) is 0 Å². The van der Waals surface area contributed by atoms with Crippen molar-refractivity contribution in [3.05, 3.63) is 54.1 Å². The van der Waals surface area contributed by atoms with E-state index in [9.17, 15) is 9.90 Å². The van der Waals surface area contributed by atoms with Crippen LogP contribution in [0.2, 0.25) is 0 Å². The number of benzene rings is 2. The van der Waals surface area contributed by atoms with Crippen molar-refractivity contribution >= 4 is 5.97 Å². The van der Waals surface area contributed by atoms with E-state index in [2.05, 4.69) is 10.1 Å². The fourth-order valence-corrected chi connectivity index (χ4v) is 2.49. The topological polar surface area (TPSA) is 67.8 Å². The summed E-state index contributed by atoms with van der Waals surface area (Å²) in [6.45, 7) is 2.01. The van der Waals surface area contributed by atoms with Crippen molar-refractivity contribution in [1.82, 2.24) is 5.32 Å². The number of esters is 1. The zero-order chi connectivity index (χ0) is 17.5. The minimum absolute atomic E-state index is 0.455. The van der Waals surface area contributed by atoms with Gasteiger partial charge in [0, 0.05) is 12.1 Å². The standard InChI is InChI=1S/C19H23NO4/c1-13(21)18(19(22)24-3)20-12-14-8-10-15(11-9-14)16-6-4-5-7-17(16)23-2/h4-11,13,18,20-21H,12H2,1-3H3/t13-,18+/m0/s1. The zero-order valence-electron chi connectivity index (χ0n) is 14.2. The highest BCUT2D eigenvalue weighted by atomic mass is 16.5. The summed E-state index contributed by atoms with van der Waals surface area (Å²) in [7, 11) is 2.96. The lowest BCUT2D eigenvalue weighted by atomic mass is 10.0. The Labute approximate surface area is 142 Å². The fourth-order valence-electron chi connectivity index (χ4n) is 2.49. The van der Waals surface area contributed by atoms with Crippen LogP contribution in [0.3, 0.4) is 0 Å². The number of aliphatic hydroxyl groups excluding tert-OH is 1. The van der Waals surface area contributed by atoms with Crippen LogP contribution >= 0.6 is 0 Å². The zero-order valence-corrected chi connectivity index (χ0v) is 14.2. The Balaban J connectivity index is 2.08. The largest absolute Gasteiger partial charge is 0.496 e. The maximum Gasteiger partial charge on any atom is 0.325 e. The molecule has 5 heteroatoms. The van der Waals surface area contributed by atoms with Gasteiger partial charge in [-0.05, 0) is 24.1 Å². The van der Waals surface area contributed by atoms with Gasteiger partial charge in [-0.25, -0.2) is 0 Å². The predicted octanol–water partition coefficient (Wildman–Crippen LogP) is 2.37. The third-order valence-corrected chi connectivity index (χ3v) is 3.84. The third kappa shape index (κ3) is 4.34. The first-order valence-corrected chi connectivity index (χ1v) is 7.78. The smallest absolute Gasteiger partial charge is 0.325 e. The van der Waals surface area contributed by atoms with Gasteiger partial charge >= 0.3 is 5.97 Å². The lowest BCUT2D eigenvalue weighted by Crippen LogP contribution is -2.45. The first-order chi connectivity index (χ1) is 11.6. The number of hydrogen-bond acceptors (Lipinski definition) is 5. The summed E-state index contributed by atoms with van der Waals surface area (Å²) in [6.07, 6.45) is -0.828. The minimum atomic E-state index is -0.828. The Hall–Kier alpha value is -2.37. The molecule has 0 saturated carbocycles. The van der Waals surface area contributed by atoms with E-state index < -0.39 is 18.1 Å². The Morgan fingerprint density at radius 2 is 1.79 bits per heavy atom. The van der Waals surface area contributed by atoms with E-state index in [1.165, 1.54) is 7.11 Å². The van der Waals surface area contributed by atoms with Gasteiger partial charge in [-0.1, -0.05) is 42.5 Å². The van der Waals surface area contributed by atoms with Crippen molar-refractivity contribution in [1.29, 1.82) is 0 Å². The van der Waals surface area contributed by atoms with Crippen LogP contribution in [0.1, 0.15) is 12.5 Å². The van der Waals surface area contributed by atoms with Crippen LogP contribution < -0.4 is 10.1 Å². The molecule has 0 unspecified atom stereocenters. The number of carbonyl (C=O) groups excluding carboxylic acids is 1. The van der Waals surface area contributed by atoms with E-state index in [1.807, 2.05) is 48.5 Å². The summed E-state index contributed by atoms with van der Waals surface area (Å²) in [5.74, 6) is 0.346. The molecule has 2 atom stereocenters. The molecule has 0 heterocycles. The maximum atomic E-state index is 11.6. The number of nitrogens with one attached hydrogen (secondary N) is 1. The molecule has 2 aromatic carbocycles. The van der Waals surface area contributed by atoms with Crippen LogP contribution in [-0.2, 0) is 16.1 Å². The summed E-state index contributed by atoms with van der Waals surface area (Å²) in [4.78, 5) is 11.6. The molecule has 24 heavy (non-hydrogen) atoms. The summed E-state index contributed by atoms with van der Waals surface area (Å²) in [5.41, 5.74) is 3.08. The van der Waals surface area contributed by atoms with Gasteiger partial charge in [0.05, 0.1) is 20.3 Å². The van der Waals surface area contributed by atoms with Gasteiger partial charge < -0.3 is 14.6 Å². The quantitative estimate of drug-likeness (QED) is 0.764. The second-order valence-electron chi connectivity index (χ2n) is 5.52. The van der Waals surface area contributed by atoms with Gasteiger partial charge in [-0.15, -0.1) is 0 Å². The number of carbonyl (C=O) groups is 1. The Bertz CT molecular complexity index is 667. The van der Waals surface area contributed by atoms with E-state index >= 15 is 0 Å². The van der Waals surface area contributed by atoms with E-state index in [0.717, 1.165) is 22.4 Å². The summed E-state index contributed by atoms with van der Waals surface area (Å²) in [5, 5.41) is 12.7. The number of hydrogen-bond donors (Lipinski definition) is 2. The normalized spacial score (nSPS) is 13.2. The van der Waals surface area contributed by atoms with Gasteiger partial charge in [-0.2, -0.15) is 0 Å². The van der Waals surface area contributed by atoms with Gasteiger partial charge in [0.2, 0.25) is 0 Å². The molecule has 0 aliphatic rings. The van der Waals surface area contributed by atoms with Crippen molar-refractivity contribution in [2.45, 2.75) is 25.6 Å². The summed E-state index contributed by atoms with van der Waals surface area (Å²) < 4.78 is 10.1. The predicted molar refractivity (Wildman–Crippen MR) is 92.8 cm³/mol. The lowest BCUT2D eigenvalue weighted by molar-refractivity contribution is -0.145. The number of para-hydroxylation sites is 1. The molecule has 0 radical (unpaired) electrons. The molecule has 128 valence electrons. The molecule has 0 amide bonds. The molecule has 0 bridgehead atoms. The van der Waals surface area contributed by atoms with Crippen molar-refractivity contribution in [2.24, 2.45) is 0 Å². The van der Waals surface area contributed by atoms with Crippen molar-refractivity contribution < 1.29 is 19.4 Å². The van der Waals surface area contributed by atoms with Crippen LogP contribution in [-0.4, -0.2) is 37.4 Å². The van der Waals surface area contributed by atoms with Gasteiger partial charge in [0.1, 0.15) is 11.8 Å². The Morgan fingerprint density at radius 3 is 2.38 bits per heavy atom. The number of aliphatic hydroxyl groups is 1. The van der Waals surface area contributed by atoms with Gasteiger partial charge in [-0.3, -0.25) is 10.1 Å². The summed E-state index contributed by atoms with van der Waals surface area (Å²) >= 11 is 0. The second-order valence-corrected chi connectivity index (χ2v) is 5.52. The molecule has 0 saturated heterocycles. The van der Waals surface area contributed by atoms with Crippen LogP contribution in [0.25, 0.3) is 11.1 Å². The number of rotatable bonds is 7. The maximum absolute atomic E-state index is 11.6. The molecular formula is C19H23NO4. The van der Waals surface area contributed by atoms with Crippen molar-refractivity contribution in [3.8, 4) is 16.9 Å². The molecule has 2 N–H and O–H groups in total. The number of ether oxygens (including phenoxy) is 2. The molecular weight excluding hydrogens is 306 g/mol. The average molecular weight is 329 g/mol. The molecule has 2 rings (SSSR count). The highest BCUT2D eigenvalue weighted by Crippen LogP contribution is 2.29. The number of methoxy groups -OCH3 is 2. The molecule has 0 aliphatic heterocycles. The van der Waals surface area contributed by atoms with Crippen LogP contribution in [0.5, 0.6) is 5.75 Å². The van der Waals surface area contributed by atoms with E-state index in [4.69, 9.17) is 4.74 Å². The SMILES string of the molecule is COC(=O)[C@H](NCc1ccc(-c2ccccc2OC)cc1)[C@H](C)O. The van der Waals surface area contributed by atoms with E-state index in [-0.39, 0.29) is 0 Å². The van der Waals surface area contributed by atoms with E-state index in [0.29, 0.717) is 6.54 Å². The highest BCUT2D eigenvalue weighted by molar-refractivity contribution is 5.76. The van der Waals surface area contributed by atoms with Gasteiger partial charge in [0.25, 0.3) is 0 Å². The molecule has 0 aliphatic carbocycles. The fraction of sp³-hybridized carbons (Fsp3) is 0.316. The summed E-state index contributed by atoms with van der Waals surface area (Å²) in [6, 6.07) is 15.1. The van der Waals surface area contributed by atoms with Crippen molar-refractivity contribution in [2.75, 3.05) is 14.2 Å². The molecule has 0 spiro atoms. The van der Waals surface area contributed by atoms with Gasteiger partial charge in [0.15, 0.2) is 0 Å². The average Bonchev–Trinajstić information content (AvgIpc) is 2.61.